The Morgan fingerprint density at radius 3 is 3.00 bits per heavy atom. The van der Waals surface area contributed by atoms with Crippen LogP contribution < -0.4 is 15.2 Å². The van der Waals surface area contributed by atoms with Crippen LogP contribution in [0.3, 0.4) is 0 Å². The summed E-state index contributed by atoms with van der Waals surface area (Å²) in [5, 5.41) is 2.18. The predicted octanol–water partition coefficient (Wildman–Crippen LogP) is -0.969. The highest BCUT2D eigenvalue weighted by Gasteiger charge is 2.19. The van der Waals surface area contributed by atoms with Crippen LogP contribution in [-0.4, -0.2) is 33.4 Å². The van der Waals surface area contributed by atoms with Crippen LogP contribution in [0.15, 0.2) is 18.3 Å². The minimum atomic E-state index is 0.831. The number of ether oxygens (including phenoxy) is 1. The van der Waals surface area contributed by atoms with Crippen LogP contribution in [0.25, 0.3) is 0 Å². The van der Waals surface area contributed by atoms with Gasteiger partial charge in [-0.1, -0.05) is 0 Å². The fourth-order valence-electron chi connectivity index (χ4n) is 1.85. The maximum atomic E-state index is 5.34. The molecule has 4 nitrogen and oxygen atoms in total. The summed E-state index contributed by atoms with van der Waals surface area (Å²) in [6.07, 6.45) is 2.02. The molecule has 1 aromatic rings. The standard InChI is InChI=1S/C11H17N3O/c1-12-9-10-2-3-13-11(8-10)14-4-6-15-7-5-14/h2-3,8,12H,4-7,9H2,1H3/p+2. The second-order valence-corrected chi connectivity index (χ2v) is 3.79. The van der Waals surface area contributed by atoms with Gasteiger partial charge in [0.25, 0.3) is 5.82 Å². The molecule has 82 valence electrons. The SMILES string of the molecule is C[NH2+]Cc1cc[nH+]c(N2CCOCC2)c1. The Kier molecular flexibility index (Phi) is 3.53. The number of rotatable bonds is 3. The van der Waals surface area contributed by atoms with E-state index in [0.29, 0.717) is 0 Å². The first-order chi connectivity index (χ1) is 7.40. The number of quaternary nitrogens is 1. The number of aromatic nitrogens is 1. The first kappa shape index (κ1) is 10.4. The van der Waals surface area contributed by atoms with Crippen molar-refractivity contribution in [1.82, 2.24) is 0 Å². The lowest BCUT2D eigenvalue weighted by molar-refractivity contribution is -0.643. The zero-order valence-electron chi connectivity index (χ0n) is 9.20. The van der Waals surface area contributed by atoms with Gasteiger partial charge in [0.15, 0.2) is 0 Å². The molecule has 0 aliphatic carbocycles. The molecule has 1 aliphatic rings. The fraction of sp³-hybridized carbons (Fsp3) is 0.545. The predicted molar refractivity (Wildman–Crippen MR) is 57.6 cm³/mol. The zero-order valence-corrected chi connectivity index (χ0v) is 9.20. The van der Waals surface area contributed by atoms with E-state index in [-0.39, 0.29) is 0 Å². The Balaban J connectivity index is 2.09. The molecule has 0 radical (unpaired) electrons. The molecule has 1 aromatic heterocycles. The van der Waals surface area contributed by atoms with Gasteiger partial charge in [-0.15, -0.1) is 0 Å². The first-order valence-corrected chi connectivity index (χ1v) is 5.51. The summed E-state index contributed by atoms with van der Waals surface area (Å²) in [6.45, 7) is 4.66. The lowest BCUT2D eigenvalue weighted by Gasteiger charge is -2.21. The van der Waals surface area contributed by atoms with Crippen molar-refractivity contribution in [1.29, 1.82) is 0 Å². The maximum absolute atomic E-state index is 5.34. The number of aromatic amines is 1. The van der Waals surface area contributed by atoms with E-state index in [1.165, 1.54) is 11.4 Å². The van der Waals surface area contributed by atoms with Crippen LogP contribution in [0.4, 0.5) is 5.82 Å². The van der Waals surface area contributed by atoms with E-state index in [9.17, 15) is 0 Å². The monoisotopic (exact) mass is 209 g/mol. The molecule has 0 aromatic carbocycles. The molecular weight excluding hydrogens is 190 g/mol. The molecular formula is C11H19N3O+2. The molecule has 1 aliphatic heterocycles. The number of nitrogens with one attached hydrogen (secondary N) is 1. The second kappa shape index (κ2) is 5.09. The van der Waals surface area contributed by atoms with Crippen LogP contribution in [-0.2, 0) is 11.3 Å². The average Bonchev–Trinajstić information content (AvgIpc) is 2.31. The Hall–Kier alpha value is -1.13. The van der Waals surface area contributed by atoms with Crippen molar-refractivity contribution in [3.05, 3.63) is 23.9 Å². The molecule has 0 saturated carbocycles. The van der Waals surface area contributed by atoms with Gasteiger partial charge in [-0.05, 0) is 6.07 Å². The molecule has 3 N–H and O–H groups in total. The number of nitrogens with two attached hydrogens (primary N) is 1. The van der Waals surface area contributed by atoms with Gasteiger partial charge in [0, 0.05) is 11.6 Å². The molecule has 0 amide bonds. The normalized spacial score (nSPS) is 16.7. The van der Waals surface area contributed by atoms with Gasteiger partial charge in [-0.25, -0.2) is 4.98 Å². The van der Waals surface area contributed by atoms with Crippen LogP contribution in [0.2, 0.25) is 0 Å². The molecule has 4 heteroatoms. The van der Waals surface area contributed by atoms with Crippen LogP contribution in [0, 0.1) is 0 Å². The van der Waals surface area contributed by atoms with Gasteiger partial charge in [-0.2, -0.15) is 0 Å². The number of nitrogens with zero attached hydrogens (tertiary/aromatic N) is 1. The third-order valence-corrected chi connectivity index (χ3v) is 2.64. The maximum Gasteiger partial charge on any atom is 0.274 e. The number of pyridine rings is 1. The quantitative estimate of drug-likeness (QED) is 0.696. The van der Waals surface area contributed by atoms with Crippen molar-refractivity contribution in [3.63, 3.8) is 0 Å². The van der Waals surface area contributed by atoms with Gasteiger partial charge in [-0.3, -0.25) is 4.90 Å². The molecule has 0 spiro atoms. The van der Waals surface area contributed by atoms with Gasteiger partial charge in [0.1, 0.15) is 19.6 Å². The van der Waals surface area contributed by atoms with Crippen molar-refractivity contribution in [2.24, 2.45) is 0 Å². The number of H-pyrrole nitrogens is 1. The molecule has 15 heavy (non-hydrogen) atoms. The molecule has 0 atom stereocenters. The lowest BCUT2D eigenvalue weighted by atomic mass is 10.2. The van der Waals surface area contributed by atoms with Crippen molar-refractivity contribution in [3.8, 4) is 0 Å². The van der Waals surface area contributed by atoms with Crippen LogP contribution in [0.5, 0.6) is 0 Å². The fourth-order valence-corrected chi connectivity index (χ4v) is 1.85. The molecule has 1 saturated heterocycles. The summed E-state index contributed by atoms with van der Waals surface area (Å²) in [6, 6.07) is 4.36. The van der Waals surface area contributed by atoms with E-state index in [1.807, 2.05) is 6.20 Å². The number of morpholine rings is 1. The average molecular weight is 209 g/mol. The Morgan fingerprint density at radius 2 is 2.27 bits per heavy atom. The topological polar surface area (TPSA) is 43.2 Å². The highest BCUT2D eigenvalue weighted by Crippen LogP contribution is 2.10. The minimum Gasteiger partial charge on any atom is -0.373 e. The van der Waals surface area contributed by atoms with E-state index in [0.717, 1.165) is 32.8 Å². The molecule has 1 fully saturated rings. The van der Waals surface area contributed by atoms with Crippen LogP contribution in [0.1, 0.15) is 5.56 Å². The highest BCUT2D eigenvalue weighted by molar-refractivity contribution is 5.35. The van der Waals surface area contributed by atoms with Crippen LogP contribution >= 0.6 is 0 Å². The minimum absolute atomic E-state index is 0.831. The lowest BCUT2D eigenvalue weighted by Crippen LogP contribution is -2.77. The van der Waals surface area contributed by atoms with Gasteiger partial charge < -0.3 is 10.1 Å². The second-order valence-electron chi connectivity index (χ2n) is 3.79. The van der Waals surface area contributed by atoms with Crippen molar-refractivity contribution >= 4 is 5.82 Å². The van der Waals surface area contributed by atoms with Gasteiger partial charge in [0.05, 0.1) is 26.5 Å². The first-order valence-electron chi connectivity index (χ1n) is 5.51. The summed E-state index contributed by atoms with van der Waals surface area (Å²) in [5.74, 6) is 1.21. The Bertz CT molecular complexity index is 310. The van der Waals surface area contributed by atoms with E-state index in [1.54, 1.807) is 0 Å². The van der Waals surface area contributed by atoms with Crippen molar-refractivity contribution < 1.29 is 15.0 Å². The molecule has 0 bridgehead atoms. The molecule has 2 rings (SSSR count). The van der Waals surface area contributed by atoms with E-state index in [4.69, 9.17) is 4.74 Å². The summed E-state index contributed by atoms with van der Waals surface area (Å²) >= 11 is 0. The Morgan fingerprint density at radius 1 is 1.47 bits per heavy atom. The molecule has 0 unspecified atom stereocenters. The summed E-state index contributed by atoms with van der Waals surface area (Å²) in [5.41, 5.74) is 1.36. The summed E-state index contributed by atoms with van der Waals surface area (Å²) in [4.78, 5) is 5.63. The van der Waals surface area contributed by atoms with E-state index < -0.39 is 0 Å². The number of anilines is 1. The molecule has 2 heterocycles. The third-order valence-electron chi connectivity index (χ3n) is 2.64. The Labute approximate surface area is 90.3 Å². The third kappa shape index (κ3) is 2.67. The van der Waals surface area contributed by atoms with E-state index >= 15 is 0 Å². The number of hydrogen-bond donors (Lipinski definition) is 1. The largest absolute Gasteiger partial charge is 0.373 e. The van der Waals surface area contributed by atoms with Gasteiger partial charge in [0.2, 0.25) is 0 Å². The smallest absolute Gasteiger partial charge is 0.274 e. The van der Waals surface area contributed by atoms with Crippen molar-refractivity contribution in [2.75, 3.05) is 38.3 Å². The van der Waals surface area contributed by atoms with E-state index in [2.05, 4.69) is 34.4 Å². The summed E-state index contributed by atoms with van der Waals surface area (Å²) < 4.78 is 5.34. The summed E-state index contributed by atoms with van der Waals surface area (Å²) in [7, 11) is 2.09. The van der Waals surface area contributed by atoms with Gasteiger partial charge >= 0.3 is 0 Å². The highest BCUT2D eigenvalue weighted by atomic mass is 16.5. The van der Waals surface area contributed by atoms with Crippen molar-refractivity contribution in [2.45, 2.75) is 6.54 Å². The number of hydrogen-bond acceptors (Lipinski definition) is 2. The zero-order chi connectivity index (χ0) is 10.5.